The number of rotatable bonds is 6. The Labute approximate surface area is 212 Å². The molecule has 0 bridgehead atoms. The highest BCUT2D eigenvalue weighted by Gasteiger charge is 2.51. The van der Waals surface area contributed by atoms with Gasteiger partial charge in [-0.05, 0) is 55.3 Å². The molecule has 192 valence electrons. The molecule has 3 N–H and O–H groups in total. The number of hydrogen-bond acceptors (Lipinski definition) is 5. The normalized spacial score (nSPS) is 20.4. The Bertz CT molecular complexity index is 1320. The third-order valence-corrected chi connectivity index (χ3v) is 6.92. The SMILES string of the molecule is C=CC(=O)N1CCC([C@@H]2CCNc3c(C(N)=O)c(-c4ccc(Oc5ccccc5)cc4)nn32)C(F)(F)C1. The summed E-state index contributed by atoms with van der Waals surface area (Å²) in [5.41, 5.74) is 6.82. The summed E-state index contributed by atoms with van der Waals surface area (Å²) in [4.78, 5) is 25.5. The summed E-state index contributed by atoms with van der Waals surface area (Å²) in [6.45, 7) is 3.31. The Balaban J connectivity index is 1.46. The summed E-state index contributed by atoms with van der Waals surface area (Å²) in [7, 11) is 0. The first kappa shape index (κ1) is 24.5. The second-order valence-electron chi connectivity index (χ2n) is 9.22. The number of aromatic nitrogens is 2. The molecule has 2 amide bonds. The molecule has 1 saturated heterocycles. The van der Waals surface area contributed by atoms with Crippen molar-refractivity contribution in [2.75, 3.05) is 25.0 Å². The summed E-state index contributed by atoms with van der Waals surface area (Å²) < 4.78 is 37.9. The van der Waals surface area contributed by atoms with Gasteiger partial charge in [-0.15, -0.1) is 0 Å². The Morgan fingerprint density at radius 3 is 2.46 bits per heavy atom. The molecule has 0 saturated carbocycles. The van der Waals surface area contributed by atoms with E-state index in [1.165, 1.54) is 4.68 Å². The average molecular weight is 508 g/mol. The van der Waals surface area contributed by atoms with Crippen molar-refractivity contribution < 1.29 is 23.1 Å². The van der Waals surface area contributed by atoms with E-state index in [-0.39, 0.29) is 18.5 Å². The molecule has 1 aromatic heterocycles. The first-order valence-electron chi connectivity index (χ1n) is 12.1. The minimum absolute atomic E-state index is 0.101. The molecule has 10 heteroatoms. The number of fused-ring (bicyclic) bond motifs is 1. The fraction of sp³-hybridized carbons (Fsp3) is 0.296. The quantitative estimate of drug-likeness (QED) is 0.480. The number of amides is 2. The Morgan fingerprint density at radius 2 is 1.81 bits per heavy atom. The molecule has 3 aromatic rings. The number of halogens is 2. The van der Waals surface area contributed by atoms with Crippen LogP contribution in [0.1, 0.15) is 29.2 Å². The zero-order valence-electron chi connectivity index (χ0n) is 20.1. The maximum absolute atomic E-state index is 15.3. The lowest BCUT2D eigenvalue weighted by molar-refractivity contribution is -0.151. The number of carbonyl (C=O) groups is 2. The Kier molecular flexibility index (Phi) is 6.41. The predicted octanol–water partition coefficient (Wildman–Crippen LogP) is 4.47. The topological polar surface area (TPSA) is 102 Å². The van der Waals surface area contributed by atoms with E-state index in [0.29, 0.717) is 41.5 Å². The van der Waals surface area contributed by atoms with Crippen molar-refractivity contribution in [3.63, 3.8) is 0 Å². The average Bonchev–Trinajstić information content (AvgIpc) is 3.29. The number of primary amides is 1. The molecule has 5 rings (SSSR count). The maximum Gasteiger partial charge on any atom is 0.270 e. The van der Waals surface area contributed by atoms with Crippen LogP contribution in [0.2, 0.25) is 0 Å². The molecule has 8 nitrogen and oxygen atoms in total. The van der Waals surface area contributed by atoms with Gasteiger partial charge in [-0.3, -0.25) is 9.59 Å². The van der Waals surface area contributed by atoms with Crippen LogP contribution in [-0.2, 0) is 4.79 Å². The number of para-hydroxylation sites is 1. The third kappa shape index (κ3) is 4.66. The smallest absolute Gasteiger partial charge is 0.270 e. The van der Waals surface area contributed by atoms with E-state index in [2.05, 4.69) is 17.0 Å². The molecular formula is C27H27F2N5O3. The van der Waals surface area contributed by atoms with Gasteiger partial charge in [0.1, 0.15) is 28.6 Å². The monoisotopic (exact) mass is 507 g/mol. The van der Waals surface area contributed by atoms with E-state index in [1.807, 2.05) is 30.3 Å². The lowest BCUT2D eigenvalue weighted by atomic mass is 9.83. The van der Waals surface area contributed by atoms with Crippen LogP contribution in [0.3, 0.4) is 0 Å². The number of anilines is 1. The number of likely N-dealkylation sites (tertiary alicyclic amines) is 1. The number of nitrogens with one attached hydrogen (secondary N) is 1. The van der Waals surface area contributed by atoms with Crippen LogP contribution in [-0.4, -0.2) is 52.1 Å². The van der Waals surface area contributed by atoms with Crippen LogP contribution in [0.4, 0.5) is 14.6 Å². The van der Waals surface area contributed by atoms with E-state index >= 15 is 8.78 Å². The fourth-order valence-corrected chi connectivity index (χ4v) is 5.17. The van der Waals surface area contributed by atoms with Crippen molar-refractivity contribution in [3.8, 4) is 22.8 Å². The molecule has 1 unspecified atom stereocenters. The van der Waals surface area contributed by atoms with Gasteiger partial charge < -0.3 is 20.7 Å². The van der Waals surface area contributed by atoms with Crippen molar-refractivity contribution in [2.45, 2.75) is 24.8 Å². The van der Waals surface area contributed by atoms with Crippen LogP contribution in [0.5, 0.6) is 11.5 Å². The molecule has 0 radical (unpaired) electrons. The van der Waals surface area contributed by atoms with Gasteiger partial charge in [0.05, 0.1) is 12.6 Å². The largest absolute Gasteiger partial charge is 0.457 e. The molecule has 0 spiro atoms. The van der Waals surface area contributed by atoms with E-state index in [1.54, 1.807) is 24.3 Å². The zero-order valence-corrected chi connectivity index (χ0v) is 20.1. The number of piperidine rings is 1. The van der Waals surface area contributed by atoms with Gasteiger partial charge in [-0.25, -0.2) is 13.5 Å². The van der Waals surface area contributed by atoms with Gasteiger partial charge in [0.25, 0.3) is 11.8 Å². The highest BCUT2D eigenvalue weighted by atomic mass is 19.3. The highest BCUT2D eigenvalue weighted by molar-refractivity contribution is 6.03. The lowest BCUT2D eigenvalue weighted by Crippen LogP contribution is -2.53. The first-order chi connectivity index (χ1) is 17.8. The Hall–Kier alpha value is -4.21. The second kappa shape index (κ2) is 9.68. The van der Waals surface area contributed by atoms with Crippen molar-refractivity contribution in [3.05, 3.63) is 72.8 Å². The summed E-state index contributed by atoms with van der Waals surface area (Å²) in [6.07, 6.45) is 1.54. The molecule has 0 aliphatic carbocycles. The van der Waals surface area contributed by atoms with Crippen LogP contribution in [0.25, 0.3) is 11.3 Å². The Morgan fingerprint density at radius 1 is 1.11 bits per heavy atom. The van der Waals surface area contributed by atoms with Crippen LogP contribution < -0.4 is 15.8 Å². The van der Waals surface area contributed by atoms with Gasteiger partial charge in [0, 0.05) is 24.6 Å². The van der Waals surface area contributed by atoms with Crippen molar-refractivity contribution in [1.29, 1.82) is 0 Å². The number of nitrogens with zero attached hydrogens (tertiary/aromatic N) is 3. The molecule has 2 aliphatic heterocycles. The minimum atomic E-state index is -3.13. The standard InChI is InChI=1S/C27H27F2N5O3/c1-2-22(35)33-15-13-20(27(28,29)16-33)21-12-14-31-26-23(25(30)36)24(32-34(21)26)17-8-10-19(11-9-17)37-18-6-4-3-5-7-18/h2-11,20-21,31H,1,12-16H2,(H2,30,36)/t20?,21-/m0/s1. The molecule has 2 aliphatic rings. The van der Waals surface area contributed by atoms with E-state index < -0.39 is 36.2 Å². The van der Waals surface area contributed by atoms with E-state index in [4.69, 9.17) is 10.5 Å². The van der Waals surface area contributed by atoms with Crippen LogP contribution in [0, 0.1) is 5.92 Å². The number of hydrogen-bond donors (Lipinski definition) is 2. The van der Waals surface area contributed by atoms with Crippen LogP contribution in [0.15, 0.2) is 67.3 Å². The summed E-state index contributed by atoms with van der Waals surface area (Å²) in [5, 5.41) is 7.76. The number of carbonyl (C=O) groups excluding carboxylic acids is 2. The van der Waals surface area contributed by atoms with Crippen molar-refractivity contribution >= 4 is 17.6 Å². The van der Waals surface area contributed by atoms with Gasteiger partial charge in [-0.1, -0.05) is 24.8 Å². The van der Waals surface area contributed by atoms with Crippen molar-refractivity contribution in [2.24, 2.45) is 11.7 Å². The summed E-state index contributed by atoms with van der Waals surface area (Å²) >= 11 is 0. The highest BCUT2D eigenvalue weighted by Crippen LogP contribution is 2.45. The van der Waals surface area contributed by atoms with Crippen LogP contribution >= 0.6 is 0 Å². The van der Waals surface area contributed by atoms with Crippen molar-refractivity contribution in [1.82, 2.24) is 14.7 Å². The third-order valence-electron chi connectivity index (χ3n) is 6.92. The number of nitrogens with two attached hydrogens (primary N) is 1. The second-order valence-corrected chi connectivity index (χ2v) is 9.22. The number of benzene rings is 2. The molecule has 3 heterocycles. The molecule has 37 heavy (non-hydrogen) atoms. The van der Waals surface area contributed by atoms with Gasteiger partial charge in [0.15, 0.2) is 0 Å². The zero-order chi connectivity index (χ0) is 26.2. The molecular weight excluding hydrogens is 480 g/mol. The summed E-state index contributed by atoms with van der Waals surface area (Å²) in [5.74, 6) is -3.80. The predicted molar refractivity (Wildman–Crippen MR) is 135 cm³/mol. The van der Waals surface area contributed by atoms with E-state index in [9.17, 15) is 9.59 Å². The lowest BCUT2D eigenvalue weighted by Gasteiger charge is -2.43. The number of alkyl halides is 2. The van der Waals surface area contributed by atoms with Gasteiger partial charge in [-0.2, -0.15) is 5.10 Å². The van der Waals surface area contributed by atoms with Gasteiger partial charge >= 0.3 is 0 Å². The summed E-state index contributed by atoms with van der Waals surface area (Å²) in [6, 6.07) is 15.6. The number of ether oxygens (including phenoxy) is 1. The van der Waals surface area contributed by atoms with E-state index in [0.717, 1.165) is 11.0 Å². The molecule has 1 fully saturated rings. The first-order valence-corrected chi connectivity index (χ1v) is 12.1. The molecule has 2 atom stereocenters. The molecule has 2 aromatic carbocycles. The maximum atomic E-state index is 15.3. The van der Waals surface area contributed by atoms with Gasteiger partial charge in [0.2, 0.25) is 5.91 Å². The fourth-order valence-electron chi connectivity index (χ4n) is 5.17. The minimum Gasteiger partial charge on any atom is -0.457 e.